The third-order valence-electron chi connectivity index (χ3n) is 3.65. The van der Waals surface area contributed by atoms with E-state index in [4.69, 9.17) is 10.3 Å². The SMILES string of the molecule is Cc1c(C(C)(C)O)c(N)cc2onc(C3CC3)c12. The van der Waals surface area contributed by atoms with E-state index in [1.54, 1.807) is 19.9 Å². The molecule has 1 aliphatic carbocycles. The number of fused-ring (bicyclic) bond motifs is 1. The Balaban J connectivity index is 2.34. The fourth-order valence-electron chi connectivity index (χ4n) is 2.79. The highest BCUT2D eigenvalue weighted by Gasteiger charge is 2.32. The van der Waals surface area contributed by atoms with E-state index in [-0.39, 0.29) is 0 Å². The third kappa shape index (κ3) is 1.60. The fourth-order valence-corrected chi connectivity index (χ4v) is 2.79. The van der Waals surface area contributed by atoms with Gasteiger partial charge in [0.25, 0.3) is 0 Å². The lowest BCUT2D eigenvalue weighted by Gasteiger charge is -2.22. The van der Waals surface area contributed by atoms with Gasteiger partial charge in [-0.1, -0.05) is 5.16 Å². The van der Waals surface area contributed by atoms with Gasteiger partial charge in [0, 0.05) is 28.6 Å². The first-order chi connectivity index (χ1) is 8.39. The number of aromatic nitrogens is 1. The van der Waals surface area contributed by atoms with Gasteiger partial charge >= 0.3 is 0 Å². The molecule has 1 aromatic carbocycles. The largest absolute Gasteiger partial charge is 0.398 e. The molecule has 0 radical (unpaired) electrons. The van der Waals surface area contributed by atoms with Gasteiger partial charge in [-0.05, 0) is 39.2 Å². The number of aliphatic hydroxyl groups is 1. The van der Waals surface area contributed by atoms with Crippen LogP contribution in [0.5, 0.6) is 0 Å². The third-order valence-corrected chi connectivity index (χ3v) is 3.65. The number of anilines is 1. The van der Waals surface area contributed by atoms with Crippen molar-refractivity contribution in [1.82, 2.24) is 5.16 Å². The van der Waals surface area contributed by atoms with E-state index in [9.17, 15) is 5.11 Å². The van der Waals surface area contributed by atoms with Crippen LogP contribution >= 0.6 is 0 Å². The Labute approximate surface area is 106 Å². The average molecular weight is 246 g/mol. The van der Waals surface area contributed by atoms with Crippen LogP contribution < -0.4 is 5.73 Å². The fraction of sp³-hybridized carbons (Fsp3) is 0.500. The molecule has 0 amide bonds. The molecule has 2 aromatic rings. The minimum Gasteiger partial charge on any atom is -0.398 e. The van der Waals surface area contributed by atoms with Crippen molar-refractivity contribution in [3.05, 3.63) is 22.9 Å². The lowest BCUT2D eigenvalue weighted by Crippen LogP contribution is -2.19. The molecule has 3 N–H and O–H groups in total. The van der Waals surface area contributed by atoms with E-state index in [1.807, 2.05) is 6.92 Å². The molecule has 3 rings (SSSR count). The van der Waals surface area contributed by atoms with Gasteiger partial charge in [-0.3, -0.25) is 0 Å². The molecule has 1 heterocycles. The molecule has 96 valence electrons. The first kappa shape index (κ1) is 11.5. The summed E-state index contributed by atoms with van der Waals surface area (Å²) in [5, 5.41) is 15.5. The highest BCUT2D eigenvalue weighted by molar-refractivity contribution is 5.89. The number of nitrogen functional groups attached to an aromatic ring is 1. The topological polar surface area (TPSA) is 72.3 Å². The van der Waals surface area contributed by atoms with E-state index in [0.717, 1.165) is 27.8 Å². The summed E-state index contributed by atoms with van der Waals surface area (Å²) in [7, 11) is 0. The Kier molecular flexibility index (Phi) is 2.23. The maximum Gasteiger partial charge on any atom is 0.169 e. The summed E-state index contributed by atoms with van der Waals surface area (Å²) >= 11 is 0. The van der Waals surface area contributed by atoms with Gasteiger partial charge in [-0.2, -0.15) is 0 Å². The monoisotopic (exact) mass is 246 g/mol. The quantitative estimate of drug-likeness (QED) is 0.799. The molecule has 0 unspecified atom stereocenters. The predicted molar refractivity (Wildman–Crippen MR) is 70.4 cm³/mol. The molecule has 0 atom stereocenters. The zero-order valence-electron chi connectivity index (χ0n) is 10.9. The smallest absolute Gasteiger partial charge is 0.169 e. The molecule has 0 bridgehead atoms. The van der Waals surface area contributed by atoms with Gasteiger partial charge in [-0.25, -0.2) is 0 Å². The number of aryl methyl sites for hydroxylation is 1. The minimum absolute atomic E-state index is 0.517. The van der Waals surface area contributed by atoms with Crippen LogP contribution in [0.4, 0.5) is 5.69 Å². The minimum atomic E-state index is -0.958. The number of nitrogens with zero attached hydrogens (tertiary/aromatic N) is 1. The second-order valence-electron chi connectivity index (χ2n) is 5.74. The molecule has 18 heavy (non-hydrogen) atoms. The van der Waals surface area contributed by atoms with E-state index in [2.05, 4.69) is 5.16 Å². The van der Waals surface area contributed by atoms with Crippen molar-refractivity contribution in [1.29, 1.82) is 0 Å². The standard InChI is InChI=1S/C14H18N2O2/c1-7-11-10(18-16-13(11)8-4-5-8)6-9(15)12(7)14(2,3)17/h6,8,17H,4-5,15H2,1-3H3. The van der Waals surface area contributed by atoms with Gasteiger partial charge in [0.1, 0.15) is 0 Å². The highest BCUT2D eigenvalue weighted by atomic mass is 16.5. The van der Waals surface area contributed by atoms with E-state index in [0.29, 0.717) is 11.6 Å². The number of hydrogen-bond acceptors (Lipinski definition) is 4. The second kappa shape index (κ2) is 3.48. The van der Waals surface area contributed by atoms with Crippen LogP contribution in [-0.4, -0.2) is 10.3 Å². The predicted octanol–water partition coefficient (Wildman–Crippen LogP) is 2.82. The normalized spacial score (nSPS) is 16.4. The highest BCUT2D eigenvalue weighted by Crippen LogP contribution is 2.45. The Bertz CT molecular complexity index is 619. The van der Waals surface area contributed by atoms with Crippen LogP contribution in [0.1, 0.15) is 49.4 Å². The van der Waals surface area contributed by atoms with Crippen molar-refractivity contribution < 1.29 is 9.63 Å². The molecule has 1 saturated carbocycles. The molecule has 1 fully saturated rings. The molecule has 0 spiro atoms. The van der Waals surface area contributed by atoms with Crippen molar-refractivity contribution in [3.63, 3.8) is 0 Å². The van der Waals surface area contributed by atoms with Crippen molar-refractivity contribution in [3.8, 4) is 0 Å². The van der Waals surface area contributed by atoms with Crippen LogP contribution in [0.2, 0.25) is 0 Å². The lowest BCUT2D eigenvalue weighted by molar-refractivity contribution is 0.0789. The Morgan fingerprint density at radius 2 is 2.11 bits per heavy atom. The summed E-state index contributed by atoms with van der Waals surface area (Å²) in [5.41, 5.74) is 9.14. The van der Waals surface area contributed by atoms with E-state index < -0.39 is 5.60 Å². The summed E-state index contributed by atoms with van der Waals surface area (Å²) in [4.78, 5) is 0. The Morgan fingerprint density at radius 1 is 1.44 bits per heavy atom. The van der Waals surface area contributed by atoms with Gasteiger partial charge < -0.3 is 15.4 Å². The number of hydrogen-bond donors (Lipinski definition) is 2. The zero-order chi connectivity index (χ0) is 13.1. The Morgan fingerprint density at radius 3 is 2.67 bits per heavy atom. The number of rotatable bonds is 2. The molecule has 1 aliphatic rings. The van der Waals surface area contributed by atoms with Gasteiger partial charge in [0.2, 0.25) is 0 Å². The maximum absolute atomic E-state index is 10.3. The number of benzene rings is 1. The van der Waals surface area contributed by atoms with Crippen LogP contribution in [0, 0.1) is 6.92 Å². The molecule has 1 aromatic heterocycles. The summed E-state index contributed by atoms with van der Waals surface area (Å²) in [6.45, 7) is 5.48. The van der Waals surface area contributed by atoms with Gasteiger partial charge in [0.15, 0.2) is 5.58 Å². The lowest BCUT2D eigenvalue weighted by atomic mass is 9.89. The summed E-state index contributed by atoms with van der Waals surface area (Å²) < 4.78 is 5.37. The van der Waals surface area contributed by atoms with Crippen LogP contribution in [0.25, 0.3) is 11.0 Å². The van der Waals surface area contributed by atoms with Crippen LogP contribution in [-0.2, 0) is 5.60 Å². The second-order valence-corrected chi connectivity index (χ2v) is 5.74. The van der Waals surface area contributed by atoms with Gasteiger partial charge in [-0.15, -0.1) is 0 Å². The van der Waals surface area contributed by atoms with Crippen LogP contribution in [0.15, 0.2) is 10.6 Å². The van der Waals surface area contributed by atoms with Crippen molar-refractivity contribution in [2.45, 2.75) is 45.1 Å². The zero-order valence-corrected chi connectivity index (χ0v) is 10.9. The Hall–Kier alpha value is -1.55. The van der Waals surface area contributed by atoms with Crippen molar-refractivity contribution >= 4 is 16.7 Å². The molecular formula is C14H18N2O2. The molecule has 4 nitrogen and oxygen atoms in total. The molecular weight excluding hydrogens is 228 g/mol. The molecule has 4 heteroatoms. The van der Waals surface area contributed by atoms with E-state index in [1.165, 1.54) is 12.8 Å². The molecule has 0 aliphatic heterocycles. The summed E-state index contributed by atoms with van der Waals surface area (Å²) in [6, 6.07) is 1.77. The first-order valence-electron chi connectivity index (χ1n) is 6.31. The first-order valence-corrected chi connectivity index (χ1v) is 6.31. The van der Waals surface area contributed by atoms with Crippen molar-refractivity contribution in [2.75, 3.05) is 5.73 Å². The van der Waals surface area contributed by atoms with Gasteiger partial charge in [0.05, 0.1) is 11.3 Å². The maximum atomic E-state index is 10.3. The van der Waals surface area contributed by atoms with Crippen LogP contribution in [0.3, 0.4) is 0 Å². The summed E-state index contributed by atoms with van der Waals surface area (Å²) in [6.07, 6.45) is 2.34. The summed E-state index contributed by atoms with van der Waals surface area (Å²) in [5.74, 6) is 0.517. The average Bonchev–Trinajstić information content (AvgIpc) is 2.97. The van der Waals surface area contributed by atoms with Crippen molar-refractivity contribution in [2.24, 2.45) is 0 Å². The van der Waals surface area contributed by atoms with E-state index >= 15 is 0 Å². The molecule has 0 saturated heterocycles. The number of nitrogens with two attached hydrogens (primary N) is 1.